The summed E-state index contributed by atoms with van der Waals surface area (Å²) in [5.74, 6) is -1.95. The van der Waals surface area contributed by atoms with Crippen molar-refractivity contribution in [2.24, 2.45) is 5.73 Å². The maximum atomic E-state index is 12.9. The third kappa shape index (κ3) is 2.63. The Hall–Kier alpha value is -2.58. The largest absolute Gasteiger partial charge is 0.326 e. The number of carbonyl (C=O) groups is 4. The van der Waals surface area contributed by atoms with Gasteiger partial charge in [0.2, 0.25) is 11.8 Å². The van der Waals surface area contributed by atoms with Crippen LogP contribution in [0.5, 0.6) is 0 Å². The number of nitrogens with two attached hydrogens (primary N) is 1. The van der Waals surface area contributed by atoms with Crippen LogP contribution in [-0.2, 0) is 16.1 Å². The quantitative estimate of drug-likeness (QED) is 0.621. The van der Waals surface area contributed by atoms with Gasteiger partial charge in [0.15, 0.2) is 0 Å². The van der Waals surface area contributed by atoms with Crippen molar-refractivity contribution in [3.8, 4) is 0 Å². The van der Waals surface area contributed by atoms with E-state index in [0.717, 1.165) is 11.3 Å². The molecule has 130 valence electrons. The number of hydrogen-bond acceptors (Lipinski definition) is 6. The van der Waals surface area contributed by atoms with Crippen LogP contribution in [-0.4, -0.2) is 46.7 Å². The molecule has 1 saturated heterocycles. The average Bonchev–Trinajstić information content (AvgIpc) is 3.23. The van der Waals surface area contributed by atoms with E-state index in [-0.39, 0.29) is 30.8 Å². The summed E-state index contributed by atoms with van der Waals surface area (Å²) < 4.78 is 0. The van der Waals surface area contributed by atoms with Crippen molar-refractivity contribution >= 4 is 23.6 Å². The maximum absolute atomic E-state index is 12.9. The van der Waals surface area contributed by atoms with Crippen molar-refractivity contribution in [1.82, 2.24) is 15.5 Å². The molecule has 2 heterocycles. The summed E-state index contributed by atoms with van der Waals surface area (Å²) in [6, 6.07) is 4.53. The summed E-state index contributed by atoms with van der Waals surface area (Å²) in [6.07, 6.45) is 1.16. The lowest BCUT2D eigenvalue weighted by atomic mass is 10.0. The fourth-order valence-electron chi connectivity index (χ4n) is 3.42. The molecular formula is C17H18N4O4. The van der Waals surface area contributed by atoms with Gasteiger partial charge in [-0.1, -0.05) is 12.1 Å². The van der Waals surface area contributed by atoms with Gasteiger partial charge < -0.3 is 11.1 Å². The van der Waals surface area contributed by atoms with Gasteiger partial charge in [0, 0.05) is 25.0 Å². The molecule has 0 bridgehead atoms. The number of hydrogen-bond donors (Lipinski definition) is 3. The van der Waals surface area contributed by atoms with Gasteiger partial charge in [-0.3, -0.25) is 29.4 Å². The number of fused-ring (bicyclic) bond motifs is 1. The summed E-state index contributed by atoms with van der Waals surface area (Å²) in [4.78, 5) is 49.9. The predicted molar refractivity (Wildman–Crippen MR) is 86.3 cm³/mol. The number of nitrogens with zero attached hydrogens (tertiary/aromatic N) is 1. The van der Waals surface area contributed by atoms with Gasteiger partial charge in [0.1, 0.15) is 6.04 Å². The first-order valence-electron chi connectivity index (χ1n) is 8.30. The zero-order valence-electron chi connectivity index (χ0n) is 13.5. The van der Waals surface area contributed by atoms with E-state index in [2.05, 4.69) is 10.6 Å². The molecule has 0 spiro atoms. The fourth-order valence-corrected chi connectivity index (χ4v) is 3.42. The molecule has 8 heteroatoms. The van der Waals surface area contributed by atoms with Crippen LogP contribution >= 0.6 is 0 Å². The predicted octanol–water partition coefficient (Wildman–Crippen LogP) is -0.723. The topological polar surface area (TPSA) is 122 Å². The molecule has 1 saturated carbocycles. The number of benzene rings is 1. The Kier molecular flexibility index (Phi) is 3.66. The molecule has 1 aromatic rings. The van der Waals surface area contributed by atoms with Crippen LogP contribution in [0.2, 0.25) is 0 Å². The summed E-state index contributed by atoms with van der Waals surface area (Å²) in [5.41, 5.74) is 7.12. The molecule has 0 aromatic heterocycles. The van der Waals surface area contributed by atoms with E-state index in [4.69, 9.17) is 5.73 Å². The highest BCUT2D eigenvalue weighted by atomic mass is 16.2. The molecule has 4 rings (SSSR count). The molecule has 2 aliphatic heterocycles. The zero-order valence-corrected chi connectivity index (χ0v) is 13.5. The monoisotopic (exact) mass is 342 g/mol. The van der Waals surface area contributed by atoms with Gasteiger partial charge in [-0.2, -0.15) is 0 Å². The number of carbonyl (C=O) groups excluding carboxylic acids is 4. The van der Waals surface area contributed by atoms with Crippen molar-refractivity contribution in [3.05, 3.63) is 34.9 Å². The molecule has 4 amide bonds. The van der Waals surface area contributed by atoms with Crippen LogP contribution in [0, 0.1) is 0 Å². The molecule has 8 nitrogen and oxygen atoms in total. The van der Waals surface area contributed by atoms with Crippen molar-refractivity contribution < 1.29 is 19.2 Å². The minimum Gasteiger partial charge on any atom is -0.326 e. The van der Waals surface area contributed by atoms with Gasteiger partial charge in [-0.05, 0) is 24.5 Å². The van der Waals surface area contributed by atoms with Crippen LogP contribution in [0.1, 0.15) is 45.5 Å². The molecule has 4 N–H and O–H groups in total. The van der Waals surface area contributed by atoms with Crippen molar-refractivity contribution in [2.45, 2.75) is 43.9 Å². The van der Waals surface area contributed by atoms with Crippen molar-refractivity contribution in [2.75, 3.05) is 0 Å². The molecule has 1 aliphatic carbocycles. The van der Waals surface area contributed by atoms with E-state index < -0.39 is 23.8 Å². The maximum Gasteiger partial charge on any atom is 0.262 e. The van der Waals surface area contributed by atoms with E-state index in [0.29, 0.717) is 23.2 Å². The number of rotatable bonds is 4. The minimum atomic E-state index is -0.942. The molecule has 3 aliphatic rings. The van der Waals surface area contributed by atoms with Gasteiger partial charge >= 0.3 is 0 Å². The first-order valence-corrected chi connectivity index (χ1v) is 8.30. The second kappa shape index (κ2) is 5.75. The highest BCUT2D eigenvalue weighted by molar-refractivity contribution is 6.24. The van der Waals surface area contributed by atoms with Crippen molar-refractivity contribution in [1.29, 1.82) is 0 Å². The lowest BCUT2D eigenvalue weighted by Gasteiger charge is -2.27. The van der Waals surface area contributed by atoms with Crippen LogP contribution in [0.3, 0.4) is 0 Å². The zero-order chi connectivity index (χ0) is 17.7. The lowest BCUT2D eigenvalue weighted by Crippen LogP contribution is -2.54. The average molecular weight is 342 g/mol. The Morgan fingerprint density at radius 2 is 1.96 bits per heavy atom. The van der Waals surface area contributed by atoms with Gasteiger partial charge in [0.25, 0.3) is 11.8 Å². The van der Waals surface area contributed by atoms with E-state index in [1.165, 1.54) is 0 Å². The molecule has 3 atom stereocenters. The molecular weight excluding hydrogens is 324 g/mol. The molecule has 3 unspecified atom stereocenters. The summed E-state index contributed by atoms with van der Waals surface area (Å²) in [7, 11) is 0. The Bertz CT molecular complexity index is 806. The van der Waals surface area contributed by atoms with Crippen LogP contribution in [0.25, 0.3) is 0 Å². The van der Waals surface area contributed by atoms with Gasteiger partial charge in [-0.15, -0.1) is 0 Å². The first kappa shape index (κ1) is 15.9. The van der Waals surface area contributed by atoms with E-state index in [9.17, 15) is 19.2 Å². The normalized spacial score (nSPS) is 28.2. The molecule has 1 aromatic carbocycles. The van der Waals surface area contributed by atoms with E-state index in [1.54, 1.807) is 18.2 Å². The Balaban J connectivity index is 1.61. The number of piperidine rings is 1. The van der Waals surface area contributed by atoms with Gasteiger partial charge in [0.05, 0.1) is 11.1 Å². The highest BCUT2D eigenvalue weighted by Crippen LogP contribution is 2.30. The third-order valence-corrected chi connectivity index (χ3v) is 4.95. The number of nitrogens with one attached hydrogen (secondary N) is 2. The SMILES string of the molecule is NC1CC1NCc1cccc2c1C(=O)N(C1CCC(=O)NC1=O)C2=O. The first-order chi connectivity index (χ1) is 12.0. The smallest absolute Gasteiger partial charge is 0.262 e. The lowest BCUT2D eigenvalue weighted by molar-refractivity contribution is -0.136. The minimum absolute atomic E-state index is 0.109. The van der Waals surface area contributed by atoms with Crippen LogP contribution in [0.15, 0.2) is 18.2 Å². The Labute approximate surface area is 143 Å². The molecule has 0 radical (unpaired) electrons. The van der Waals surface area contributed by atoms with Crippen LogP contribution in [0.4, 0.5) is 0 Å². The Morgan fingerprint density at radius 1 is 1.20 bits per heavy atom. The highest BCUT2D eigenvalue weighted by Gasteiger charge is 2.45. The Morgan fingerprint density at radius 3 is 2.64 bits per heavy atom. The van der Waals surface area contributed by atoms with Crippen LogP contribution < -0.4 is 16.4 Å². The second-order valence-corrected chi connectivity index (χ2v) is 6.67. The van der Waals surface area contributed by atoms with Crippen molar-refractivity contribution in [3.63, 3.8) is 0 Å². The van der Waals surface area contributed by atoms with E-state index >= 15 is 0 Å². The summed E-state index contributed by atoms with van der Waals surface area (Å²) in [5, 5.41) is 5.46. The third-order valence-electron chi connectivity index (χ3n) is 4.95. The van der Waals surface area contributed by atoms with Gasteiger partial charge in [-0.25, -0.2) is 0 Å². The standard InChI is InChI=1S/C17H18N4O4/c18-10-6-11(10)19-7-8-2-1-3-9-14(8)17(25)21(16(9)24)12-4-5-13(22)20-15(12)23/h1-3,10-12,19H,4-7,18H2,(H,20,22,23). The molecule has 25 heavy (non-hydrogen) atoms. The summed E-state index contributed by atoms with van der Waals surface area (Å²) in [6.45, 7) is 0.434. The number of amides is 4. The fraction of sp³-hybridized carbons (Fsp3) is 0.412. The molecule has 2 fully saturated rings. The second-order valence-electron chi connectivity index (χ2n) is 6.67. The van der Waals surface area contributed by atoms with E-state index in [1.807, 2.05) is 0 Å². The summed E-state index contributed by atoms with van der Waals surface area (Å²) >= 11 is 0. The number of imide groups is 2.